The molecule has 12 heteroatoms. The summed E-state index contributed by atoms with van der Waals surface area (Å²) in [6.45, 7) is 4.37. The van der Waals surface area contributed by atoms with E-state index in [4.69, 9.17) is 9.47 Å². The molecule has 6 rings (SSSR count). The number of ether oxygens (including phenoxy) is 2. The number of fused-ring (bicyclic) bond motifs is 2. The van der Waals surface area contributed by atoms with Crippen LogP contribution in [0.3, 0.4) is 0 Å². The fraction of sp³-hybridized carbons (Fsp3) is 0.533. The molecule has 42 heavy (non-hydrogen) atoms. The largest absolute Gasteiger partial charge is 0.457 e. The topological polar surface area (TPSA) is 145 Å². The van der Waals surface area contributed by atoms with Gasteiger partial charge in [-0.05, 0) is 102 Å². The molecule has 4 aliphatic rings. The zero-order chi connectivity index (χ0) is 29.6. The van der Waals surface area contributed by atoms with Gasteiger partial charge >= 0.3 is 11.9 Å². The van der Waals surface area contributed by atoms with Crippen molar-refractivity contribution in [2.75, 3.05) is 26.2 Å². The predicted octanol–water partition coefficient (Wildman–Crippen LogP) is 4.76. The van der Waals surface area contributed by atoms with Crippen molar-refractivity contribution in [2.24, 2.45) is 0 Å². The average Bonchev–Trinajstić information content (AvgIpc) is 3.69. The fourth-order valence-corrected chi connectivity index (χ4v) is 6.60. The summed E-state index contributed by atoms with van der Waals surface area (Å²) < 4.78 is 11.3. The summed E-state index contributed by atoms with van der Waals surface area (Å²) in [7, 11) is 0. The molecule has 0 saturated carbocycles. The Hall–Kier alpha value is -3.90. The first-order chi connectivity index (χ1) is 20.3. The van der Waals surface area contributed by atoms with Gasteiger partial charge < -0.3 is 9.47 Å². The third kappa shape index (κ3) is 6.93. The molecule has 2 aromatic rings. The fourth-order valence-electron chi connectivity index (χ4n) is 6.60. The zero-order valence-corrected chi connectivity index (χ0v) is 23.5. The van der Waals surface area contributed by atoms with Crippen LogP contribution in [0.4, 0.5) is 11.4 Å². The van der Waals surface area contributed by atoms with E-state index >= 15 is 0 Å². The van der Waals surface area contributed by atoms with Crippen molar-refractivity contribution in [3.8, 4) is 0 Å². The van der Waals surface area contributed by atoms with E-state index < -0.39 is 9.85 Å². The second-order valence-corrected chi connectivity index (χ2v) is 11.3. The third-order valence-electron chi connectivity index (χ3n) is 8.70. The number of carbonyl (C=O) groups is 2. The van der Waals surface area contributed by atoms with Gasteiger partial charge in [0.15, 0.2) is 0 Å². The molecule has 0 aromatic heterocycles. The monoisotopic (exact) mass is 580 g/mol. The molecule has 224 valence electrons. The van der Waals surface area contributed by atoms with Crippen LogP contribution < -0.4 is 0 Å². The van der Waals surface area contributed by atoms with Crippen molar-refractivity contribution in [1.82, 2.24) is 9.80 Å². The molecular weight excluding hydrogens is 544 g/mol. The molecule has 12 nitrogen and oxygen atoms in total. The number of non-ortho nitro benzene ring substituents is 2. The number of piperidine rings is 2. The van der Waals surface area contributed by atoms with Crippen LogP contribution in [-0.4, -0.2) is 82.1 Å². The van der Waals surface area contributed by atoms with Crippen LogP contribution in [0.15, 0.2) is 48.5 Å². The lowest BCUT2D eigenvalue weighted by Crippen LogP contribution is -2.45. The van der Waals surface area contributed by atoms with Gasteiger partial charge in [0.25, 0.3) is 11.4 Å². The number of hydrogen-bond acceptors (Lipinski definition) is 10. The number of hydrogen-bond donors (Lipinski definition) is 0. The van der Waals surface area contributed by atoms with E-state index in [9.17, 15) is 29.8 Å². The molecule has 4 fully saturated rings. The molecule has 2 aromatic carbocycles. The molecule has 0 radical (unpaired) electrons. The zero-order valence-electron chi connectivity index (χ0n) is 23.5. The highest BCUT2D eigenvalue weighted by atomic mass is 16.6. The van der Waals surface area contributed by atoms with E-state index in [1.807, 2.05) is 0 Å². The van der Waals surface area contributed by atoms with Crippen LogP contribution in [0.25, 0.3) is 0 Å². The van der Waals surface area contributed by atoms with Crippen LogP contribution in [0.1, 0.15) is 72.1 Å². The normalized spacial score (nSPS) is 25.3. The van der Waals surface area contributed by atoms with Crippen molar-refractivity contribution < 1.29 is 28.9 Å². The van der Waals surface area contributed by atoms with E-state index in [2.05, 4.69) is 9.80 Å². The minimum atomic E-state index is -0.480. The van der Waals surface area contributed by atoms with Gasteiger partial charge in [0.2, 0.25) is 0 Å². The van der Waals surface area contributed by atoms with Crippen molar-refractivity contribution in [3.63, 3.8) is 0 Å². The molecule has 0 bridgehead atoms. The van der Waals surface area contributed by atoms with E-state index in [0.717, 1.165) is 77.5 Å². The summed E-state index contributed by atoms with van der Waals surface area (Å²) in [4.78, 5) is 49.4. The lowest BCUT2D eigenvalue weighted by atomic mass is 9.99. The molecule has 0 N–H and O–H groups in total. The first-order valence-electron chi connectivity index (χ1n) is 14.7. The molecular formula is C30H36N4O8. The van der Waals surface area contributed by atoms with Gasteiger partial charge in [-0.3, -0.25) is 30.0 Å². The highest BCUT2D eigenvalue weighted by molar-refractivity contribution is 5.90. The van der Waals surface area contributed by atoms with Crippen LogP contribution in [-0.2, 0) is 9.47 Å². The number of nitro benzene ring substituents is 2. The number of rotatable bonds is 6. The Morgan fingerprint density at radius 3 is 1.26 bits per heavy atom. The number of nitro groups is 2. The summed E-state index contributed by atoms with van der Waals surface area (Å²) >= 11 is 0. The van der Waals surface area contributed by atoms with E-state index in [1.165, 1.54) is 48.5 Å². The van der Waals surface area contributed by atoms with Crippen molar-refractivity contribution >= 4 is 23.3 Å². The Bertz CT molecular complexity index is 1190. The quantitative estimate of drug-likeness (QED) is 0.266. The summed E-state index contributed by atoms with van der Waals surface area (Å²) in [5, 5.41) is 21.2. The van der Waals surface area contributed by atoms with Crippen LogP contribution >= 0.6 is 0 Å². The molecule has 0 amide bonds. The number of carbonyl (C=O) groups excluding carboxylic acids is 2. The SMILES string of the molecule is O=C(O[C@@H]1CCCN2CCC[C@@H]12)c1ccc([N+](=O)[O-])cc1.O=C(O[C@H]1CCCN2CCC[C@H]12)c1ccc([N+](=O)[O-])cc1. The van der Waals surface area contributed by atoms with Crippen LogP contribution in [0, 0.1) is 20.2 Å². The molecule has 4 saturated heterocycles. The lowest BCUT2D eigenvalue weighted by Gasteiger charge is -2.36. The first kappa shape index (κ1) is 29.6. The standard InChI is InChI=1S/2C15H18N2O4/c2*18-15(11-5-7-12(8-6-11)17(19)20)21-14-4-2-10-16-9-1-3-13(14)16/h2*5-8,13-14H,1-4,9-10H2/t2*13-,14+/m10/s1. The maximum atomic E-state index is 12.2. The maximum absolute atomic E-state index is 12.2. The Balaban J connectivity index is 0.000000168. The highest BCUT2D eigenvalue weighted by Crippen LogP contribution is 2.31. The smallest absolute Gasteiger partial charge is 0.338 e. The Morgan fingerprint density at radius 1 is 0.595 bits per heavy atom. The average molecular weight is 581 g/mol. The lowest BCUT2D eigenvalue weighted by molar-refractivity contribution is -0.385. The number of benzene rings is 2. The van der Waals surface area contributed by atoms with Crippen molar-refractivity contribution in [2.45, 2.75) is 75.7 Å². The van der Waals surface area contributed by atoms with Gasteiger partial charge in [-0.15, -0.1) is 0 Å². The molecule has 4 aliphatic heterocycles. The summed E-state index contributed by atoms with van der Waals surface area (Å²) in [6.07, 6.45) is 8.29. The molecule has 0 spiro atoms. The Kier molecular flexibility index (Phi) is 9.43. The van der Waals surface area contributed by atoms with Gasteiger partial charge in [0, 0.05) is 36.3 Å². The van der Waals surface area contributed by atoms with Crippen LogP contribution in [0.5, 0.6) is 0 Å². The van der Waals surface area contributed by atoms with Gasteiger partial charge in [-0.2, -0.15) is 0 Å². The van der Waals surface area contributed by atoms with E-state index in [-0.39, 0.29) is 35.5 Å². The minimum Gasteiger partial charge on any atom is -0.457 e. The van der Waals surface area contributed by atoms with Gasteiger partial charge in [0.05, 0.1) is 21.0 Å². The third-order valence-corrected chi connectivity index (χ3v) is 8.70. The van der Waals surface area contributed by atoms with Gasteiger partial charge in [-0.1, -0.05) is 0 Å². The highest BCUT2D eigenvalue weighted by Gasteiger charge is 2.38. The second kappa shape index (κ2) is 13.4. The molecule has 4 atom stereocenters. The van der Waals surface area contributed by atoms with E-state index in [0.29, 0.717) is 23.2 Å². The predicted molar refractivity (Wildman–Crippen MR) is 152 cm³/mol. The van der Waals surface area contributed by atoms with Crippen LogP contribution in [0.2, 0.25) is 0 Å². The number of nitrogens with zero attached hydrogens (tertiary/aromatic N) is 4. The van der Waals surface area contributed by atoms with Crippen molar-refractivity contribution in [3.05, 3.63) is 79.9 Å². The van der Waals surface area contributed by atoms with Crippen molar-refractivity contribution in [1.29, 1.82) is 0 Å². The summed E-state index contributed by atoms with van der Waals surface area (Å²) in [6, 6.07) is 11.8. The van der Waals surface area contributed by atoms with Gasteiger partial charge in [0.1, 0.15) is 12.2 Å². The second-order valence-electron chi connectivity index (χ2n) is 11.3. The Morgan fingerprint density at radius 2 is 0.929 bits per heavy atom. The minimum absolute atomic E-state index is 0.0221. The number of esters is 2. The Labute approximate surface area is 243 Å². The molecule has 0 unspecified atom stereocenters. The summed E-state index contributed by atoms with van der Waals surface area (Å²) in [5.41, 5.74) is 0.698. The first-order valence-corrected chi connectivity index (χ1v) is 14.7. The summed E-state index contributed by atoms with van der Waals surface area (Å²) in [5.74, 6) is -0.771. The maximum Gasteiger partial charge on any atom is 0.338 e. The molecule has 4 heterocycles. The molecule has 0 aliphatic carbocycles. The van der Waals surface area contributed by atoms with E-state index in [1.54, 1.807) is 0 Å². The van der Waals surface area contributed by atoms with Gasteiger partial charge in [-0.25, -0.2) is 9.59 Å².